The van der Waals surface area contributed by atoms with Gasteiger partial charge in [-0.25, -0.2) is 0 Å². The van der Waals surface area contributed by atoms with Gasteiger partial charge in [0, 0.05) is 0 Å². The number of fused-ring (bicyclic) bond motifs is 9. The van der Waals surface area contributed by atoms with Crippen LogP contribution in [-0.4, -0.2) is 29.5 Å². The zero-order valence-corrected chi connectivity index (χ0v) is 26.9. The predicted octanol–water partition coefficient (Wildman–Crippen LogP) is 10.8. The van der Waals surface area contributed by atoms with E-state index in [1.807, 2.05) is 0 Å². The molecule has 0 amide bonds. The molecule has 0 spiro atoms. The Morgan fingerprint density at radius 3 is 1.74 bits per heavy atom. The molecule has 0 saturated carbocycles. The van der Waals surface area contributed by atoms with E-state index in [-0.39, 0.29) is 14.5 Å². The monoisotopic (exact) mass is 663 g/mol. The van der Waals surface area contributed by atoms with Crippen LogP contribution in [0.4, 0.5) is 0 Å². The van der Waals surface area contributed by atoms with E-state index in [2.05, 4.69) is 152 Å². The maximum absolute atomic E-state index is 5.23. The van der Waals surface area contributed by atoms with Crippen LogP contribution in [0.3, 0.4) is 0 Å². The van der Waals surface area contributed by atoms with Crippen molar-refractivity contribution in [3.63, 3.8) is 0 Å². The maximum atomic E-state index is 5.23. The second-order valence-electron chi connectivity index (χ2n) is 12.0. The molecule has 8 aromatic carbocycles. The molecule has 4 heteroatoms. The van der Waals surface area contributed by atoms with Gasteiger partial charge in [-0.1, -0.05) is 18.2 Å². The summed E-state index contributed by atoms with van der Waals surface area (Å²) in [6.45, 7) is 0. The Morgan fingerprint density at radius 1 is 0.340 bits per heavy atom. The van der Waals surface area contributed by atoms with Crippen molar-refractivity contribution < 1.29 is 0 Å². The Balaban J connectivity index is 1.23. The van der Waals surface area contributed by atoms with Gasteiger partial charge in [0.25, 0.3) is 0 Å². The Kier molecular flexibility index (Phi) is 5.89. The van der Waals surface area contributed by atoms with Gasteiger partial charge in [0.1, 0.15) is 0 Å². The van der Waals surface area contributed by atoms with Crippen LogP contribution in [0.5, 0.6) is 0 Å². The van der Waals surface area contributed by atoms with E-state index < -0.39 is 0 Å². The number of hydrogen-bond donors (Lipinski definition) is 0. The van der Waals surface area contributed by atoms with Gasteiger partial charge in [0.05, 0.1) is 0 Å². The topological polar surface area (TPSA) is 38.7 Å². The second kappa shape index (κ2) is 10.4. The molecule has 0 radical (unpaired) electrons. The fourth-order valence-electron chi connectivity index (χ4n) is 6.96. The number of nitrogens with zero attached hydrogens (tertiary/aromatic N) is 3. The first-order valence-electron chi connectivity index (χ1n) is 15.8. The molecular formula is C43H25N3Se. The summed E-state index contributed by atoms with van der Waals surface area (Å²) in [5.41, 5.74) is 3.04. The molecule has 0 bridgehead atoms. The van der Waals surface area contributed by atoms with Crippen LogP contribution in [0.15, 0.2) is 152 Å². The molecule has 0 aliphatic rings. The molecular weight excluding hydrogens is 637 g/mol. The SMILES string of the molecule is c1ccc2cc(-c3nc(-c4ccc5ccc6c7ccccc7ccc6c5c4)nc(-c4cccc5c4[se]c4ccccc45)n3)ccc2c1. The molecule has 2 heterocycles. The molecule has 218 valence electrons. The van der Waals surface area contributed by atoms with Crippen molar-refractivity contribution in [2.75, 3.05) is 0 Å². The first-order chi connectivity index (χ1) is 23.3. The Bertz CT molecular complexity index is 2870. The van der Waals surface area contributed by atoms with E-state index in [0.29, 0.717) is 17.5 Å². The van der Waals surface area contributed by atoms with Crippen LogP contribution in [0.25, 0.3) is 96.5 Å². The molecule has 0 atom stereocenters. The molecule has 0 unspecified atom stereocenters. The first kappa shape index (κ1) is 26.5. The van der Waals surface area contributed by atoms with Crippen LogP contribution >= 0.6 is 0 Å². The van der Waals surface area contributed by atoms with Crippen LogP contribution in [0.1, 0.15) is 0 Å². The average Bonchev–Trinajstić information content (AvgIpc) is 3.53. The molecule has 10 aromatic rings. The molecule has 3 nitrogen and oxygen atoms in total. The predicted molar refractivity (Wildman–Crippen MR) is 198 cm³/mol. The molecule has 0 saturated heterocycles. The molecule has 0 aliphatic heterocycles. The van der Waals surface area contributed by atoms with E-state index in [1.54, 1.807) is 0 Å². The second-order valence-corrected chi connectivity index (χ2v) is 14.2. The molecule has 0 fully saturated rings. The number of benzene rings is 8. The first-order valence-corrected chi connectivity index (χ1v) is 17.5. The van der Waals surface area contributed by atoms with Crippen LogP contribution < -0.4 is 0 Å². The number of aromatic nitrogens is 3. The summed E-state index contributed by atoms with van der Waals surface area (Å²) in [7, 11) is 0. The van der Waals surface area contributed by atoms with E-state index >= 15 is 0 Å². The van der Waals surface area contributed by atoms with Crippen molar-refractivity contribution in [2.24, 2.45) is 0 Å². The van der Waals surface area contributed by atoms with Gasteiger partial charge >= 0.3 is 259 Å². The third kappa shape index (κ3) is 4.30. The van der Waals surface area contributed by atoms with Gasteiger partial charge < -0.3 is 0 Å². The summed E-state index contributed by atoms with van der Waals surface area (Å²) in [4.78, 5) is 15.6. The number of rotatable bonds is 3. The van der Waals surface area contributed by atoms with E-state index in [1.165, 1.54) is 57.0 Å². The molecule has 0 aliphatic carbocycles. The minimum absolute atomic E-state index is 0.170. The average molecular weight is 663 g/mol. The van der Waals surface area contributed by atoms with Gasteiger partial charge in [-0.3, -0.25) is 0 Å². The van der Waals surface area contributed by atoms with Crippen molar-refractivity contribution in [1.82, 2.24) is 15.0 Å². The standard InChI is InChI=1S/C43H25N3Se/c1-2-10-29-24-30(18-16-26(29)8-1)41-44-42(46-43(45-41)37-14-7-13-36-35-12-5-6-15-39(35)47-40(36)37)31-19-17-28-21-22-33-32-11-4-3-9-27(32)20-23-34(33)38(28)25-31/h1-25H. The van der Waals surface area contributed by atoms with Crippen LogP contribution in [0.2, 0.25) is 0 Å². The van der Waals surface area contributed by atoms with Gasteiger partial charge in [-0.05, 0) is 0 Å². The Morgan fingerprint density at radius 2 is 0.915 bits per heavy atom. The van der Waals surface area contributed by atoms with Crippen molar-refractivity contribution in [3.8, 4) is 34.2 Å². The van der Waals surface area contributed by atoms with Crippen molar-refractivity contribution in [3.05, 3.63) is 152 Å². The summed E-state index contributed by atoms with van der Waals surface area (Å²) in [5.74, 6) is 2.08. The number of hydrogen-bond acceptors (Lipinski definition) is 3. The van der Waals surface area contributed by atoms with E-state index in [0.717, 1.165) is 22.1 Å². The summed E-state index contributed by atoms with van der Waals surface area (Å²) < 4.78 is 2.74. The van der Waals surface area contributed by atoms with Crippen molar-refractivity contribution in [2.45, 2.75) is 0 Å². The van der Waals surface area contributed by atoms with E-state index in [9.17, 15) is 0 Å². The summed E-state index contributed by atoms with van der Waals surface area (Å²) in [6, 6.07) is 54.3. The Labute approximate surface area is 276 Å². The summed E-state index contributed by atoms with van der Waals surface area (Å²) >= 11 is 0.170. The fraction of sp³-hybridized carbons (Fsp3) is 0. The summed E-state index contributed by atoms with van der Waals surface area (Å²) in [6.07, 6.45) is 0. The van der Waals surface area contributed by atoms with Gasteiger partial charge in [-0.15, -0.1) is 0 Å². The molecule has 10 rings (SSSR count). The van der Waals surface area contributed by atoms with Gasteiger partial charge in [0.15, 0.2) is 0 Å². The van der Waals surface area contributed by atoms with E-state index in [4.69, 9.17) is 15.0 Å². The van der Waals surface area contributed by atoms with Gasteiger partial charge in [0.2, 0.25) is 0 Å². The van der Waals surface area contributed by atoms with Crippen molar-refractivity contribution in [1.29, 1.82) is 0 Å². The third-order valence-corrected chi connectivity index (χ3v) is 11.8. The van der Waals surface area contributed by atoms with Crippen LogP contribution in [-0.2, 0) is 0 Å². The minimum atomic E-state index is 0.170. The molecule has 47 heavy (non-hydrogen) atoms. The zero-order valence-electron chi connectivity index (χ0n) is 25.2. The summed E-state index contributed by atoms with van der Waals surface area (Å²) in [5, 5.41) is 12.4. The van der Waals surface area contributed by atoms with Crippen LogP contribution in [0, 0.1) is 0 Å². The van der Waals surface area contributed by atoms with Gasteiger partial charge in [-0.2, -0.15) is 0 Å². The fourth-order valence-corrected chi connectivity index (χ4v) is 9.51. The normalized spacial score (nSPS) is 11.8. The zero-order chi connectivity index (χ0) is 30.9. The quantitative estimate of drug-likeness (QED) is 0.140. The van der Waals surface area contributed by atoms with Crippen molar-refractivity contribution >= 4 is 76.9 Å². The molecule has 2 aromatic heterocycles. The third-order valence-electron chi connectivity index (χ3n) is 9.29. The molecule has 0 N–H and O–H groups in total. The Hall–Kier alpha value is -5.67.